The van der Waals surface area contributed by atoms with Gasteiger partial charge in [-0.3, -0.25) is 0 Å². The van der Waals surface area contributed by atoms with Crippen molar-refractivity contribution in [1.29, 1.82) is 0 Å². The molecule has 0 spiro atoms. The van der Waals surface area contributed by atoms with E-state index in [1.54, 1.807) is 0 Å². The van der Waals surface area contributed by atoms with Gasteiger partial charge in [-0.2, -0.15) is 0 Å². The number of aryl methyl sites for hydroxylation is 1. The number of allylic oxidation sites excluding steroid dienone is 1. The maximum atomic E-state index is 3.41. The van der Waals surface area contributed by atoms with Gasteiger partial charge in [-0.1, -0.05) is 30.4 Å². The number of nitrogens with one attached hydrogen (secondary N) is 1. The van der Waals surface area contributed by atoms with Crippen molar-refractivity contribution >= 4 is 5.69 Å². The predicted octanol–water partition coefficient (Wildman–Crippen LogP) is 2.52. The topological polar surface area (TPSA) is 12.0 Å². The molecule has 0 atom stereocenters. The first-order chi connectivity index (χ1) is 5.88. The fourth-order valence-electron chi connectivity index (χ4n) is 1.61. The van der Waals surface area contributed by atoms with Crippen molar-refractivity contribution in [3.8, 4) is 0 Å². The van der Waals surface area contributed by atoms with E-state index in [-0.39, 0.29) is 0 Å². The number of rotatable bonds is 0. The lowest BCUT2D eigenvalue weighted by molar-refractivity contribution is 1.25. The van der Waals surface area contributed by atoms with E-state index in [1.165, 1.54) is 16.8 Å². The SMILES string of the molecule is Cc1cccc2c1NCC=CC2. The van der Waals surface area contributed by atoms with E-state index in [0.29, 0.717) is 0 Å². The summed E-state index contributed by atoms with van der Waals surface area (Å²) in [5, 5.41) is 3.41. The van der Waals surface area contributed by atoms with E-state index in [1.807, 2.05) is 0 Å². The molecule has 12 heavy (non-hydrogen) atoms. The molecule has 0 aromatic heterocycles. The Hall–Kier alpha value is -1.24. The summed E-state index contributed by atoms with van der Waals surface area (Å²) in [6.45, 7) is 3.11. The summed E-state index contributed by atoms with van der Waals surface area (Å²) in [6.07, 6.45) is 5.46. The van der Waals surface area contributed by atoms with Gasteiger partial charge >= 0.3 is 0 Å². The number of para-hydroxylation sites is 1. The number of hydrogen-bond donors (Lipinski definition) is 1. The molecular weight excluding hydrogens is 146 g/mol. The van der Waals surface area contributed by atoms with E-state index in [4.69, 9.17) is 0 Å². The van der Waals surface area contributed by atoms with Crippen LogP contribution in [0.5, 0.6) is 0 Å². The zero-order valence-corrected chi connectivity index (χ0v) is 7.30. The van der Waals surface area contributed by atoms with Crippen molar-refractivity contribution in [3.63, 3.8) is 0 Å². The molecule has 0 fully saturated rings. The molecule has 1 nitrogen and oxygen atoms in total. The molecule has 1 heteroatoms. The maximum Gasteiger partial charge on any atom is 0.0408 e. The minimum Gasteiger partial charge on any atom is -0.381 e. The van der Waals surface area contributed by atoms with Crippen LogP contribution in [0.15, 0.2) is 30.4 Å². The number of hydrogen-bond acceptors (Lipinski definition) is 1. The highest BCUT2D eigenvalue weighted by Crippen LogP contribution is 2.22. The Kier molecular flexibility index (Phi) is 1.86. The molecule has 1 aliphatic heterocycles. The molecule has 0 amide bonds. The van der Waals surface area contributed by atoms with Crippen LogP contribution in [0.4, 0.5) is 5.69 Å². The largest absolute Gasteiger partial charge is 0.381 e. The van der Waals surface area contributed by atoms with Gasteiger partial charge in [0.1, 0.15) is 0 Å². The highest BCUT2D eigenvalue weighted by molar-refractivity contribution is 5.58. The molecule has 0 saturated heterocycles. The molecule has 1 aromatic rings. The summed E-state index contributed by atoms with van der Waals surface area (Å²) in [4.78, 5) is 0. The predicted molar refractivity (Wildman–Crippen MR) is 52.5 cm³/mol. The molecule has 0 saturated carbocycles. The lowest BCUT2D eigenvalue weighted by Gasteiger charge is -2.09. The Morgan fingerprint density at radius 2 is 2.17 bits per heavy atom. The lowest BCUT2D eigenvalue weighted by atomic mass is 10.1. The first kappa shape index (κ1) is 7.41. The van der Waals surface area contributed by atoms with Gasteiger partial charge in [0.05, 0.1) is 0 Å². The van der Waals surface area contributed by atoms with Crippen LogP contribution in [0, 0.1) is 6.92 Å². The van der Waals surface area contributed by atoms with Crippen LogP contribution in [0.3, 0.4) is 0 Å². The zero-order chi connectivity index (χ0) is 8.39. The monoisotopic (exact) mass is 159 g/mol. The Morgan fingerprint density at radius 1 is 1.25 bits per heavy atom. The van der Waals surface area contributed by atoms with Gasteiger partial charge in [0, 0.05) is 12.2 Å². The Morgan fingerprint density at radius 3 is 3.08 bits per heavy atom. The van der Waals surface area contributed by atoms with Gasteiger partial charge in [-0.15, -0.1) is 0 Å². The van der Waals surface area contributed by atoms with Crippen LogP contribution < -0.4 is 5.32 Å². The quantitative estimate of drug-likeness (QED) is 0.573. The van der Waals surface area contributed by atoms with Crippen LogP contribution in [-0.2, 0) is 6.42 Å². The maximum absolute atomic E-state index is 3.41. The van der Waals surface area contributed by atoms with E-state index in [9.17, 15) is 0 Å². The molecule has 0 radical (unpaired) electrons. The van der Waals surface area contributed by atoms with Crippen LogP contribution in [0.2, 0.25) is 0 Å². The average Bonchev–Trinajstić information content (AvgIpc) is 2.30. The van der Waals surface area contributed by atoms with Crippen molar-refractivity contribution < 1.29 is 0 Å². The number of benzene rings is 1. The van der Waals surface area contributed by atoms with E-state index in [2.05, 4.69) is 42.6 Å². The molecule has 0 bridgehead atoms. The number of fused-ring (bicyclic) bond motifs is 1. The van der Waals surface area contributed by atoms with Gasteiger partial charge in [-0.25, -0.2) is 0 Å². The van der Waals surface area contributed by atoms with E-state index >= 15 is 0 Å². The number of anilines is 1. The first-order valence-electron chi connectivity index (χ1n) is 4.35. The molecule has 0 unspecified atom stereocenters. The van der Waals surface area contributed by atoms with Gasteiger partial charge in [0.25, 0.3) is 0 Å². The van der Waals surface area contributed by atoms with Gasteiger partial charge < -0.3 is 5.32 Å². The summed E-state index contributed by atoms with van der Waals surface area (Å²) >= 11 is 0. The molecular formula is C11H13N. The van der Waals surface area contributed by atoms with E-state index < -0.39 is 0 Å². The van der Waals surface area contributed by atoms with Crippen molar-refractivity contribution in [2.75, 3.05) is 11.9 Å². The molecule has 0 aliphatic carbocycles. The van der Waals surface area contributed by atoms with Gasteiger partial charge in [-0.05, 0) is 24.5 Å². The fourth-order valence-corrected chi connectivity index (χ4v) is 1.61. The molecule has 62 valence electrons. The second-order valence-corrected chi connectivity index (χ2v) is 3.17. The third kappa shape index (κ3) is 1.22. The normalized spacial score (nSPS) is 14.8. The molecule has 1 aliphatic rings. The van der Waals surface area contributed by atoms with Gasteiger partial charge in [0.15, 0.2) is 0 Å². The second kappa shape index (κ2) is 3.02. The fraction of sp³-hybridized carbons (Fsp3) is 0.273. The third-order valence-electron chi connectivity index (χ3n) is 2.26. The van der Waals surface area contributed by atoms with Crippen LogP contribution in [0.25, 0.3) is 0 Å². The highest BCUT2D eigenvalue weighted by atomic mass is 14.9. The molecule has 1 aromatic carbocycles. The molecule has 1 N–H and O–H groups in total. The molecule has 2 rings (SSSR count). The second-order valence-electron chi connectivity index (χ2n) is 3.17. The average molecular weight is 159 g/mol. The Balaban J connectivity index is 2.47. The summed E-state index contributed by atoms with van der Waals surface area (Å²) in [6, 6.07) is 6.46. The summed E-state index contributed by atoms with van der Waals surface area (Å²) in [5.74, 6) is 0. The van der Waals surface area contributed by atoms with Crippen molar-refractivity contribution in [3.05, 3.63) is 41.5 Å². The smallest absolute Gasteiger partial charge is 0.0408 e. The standard InChI is InChI=1S/C11H13N/c1-9-5-4-7-10-6-2-3-8-12-11(9)10/h2-5,7,12H,6,8H2,1H3. The zero-order valence-electron chi connectivity index (χ0n) is 7.30. The van der Waals surface area contributed by atoms with Crippen LogP contribution >= 0.6 is 0 Å². The minimum atomic E-state index is 0.956. The van der Waals surface area contributed by atoms with Crippen LogP contribution in [-0.4, -0.2) is 6.54 Å². The van der Waals surface area contributed by atoms with E-state index in [0.717, 1.165) is 13.0 Å². The minimum absolute atomic E-state index is 0.956. The summed E-state index contributed by atoms with van der Waals surface area (Å²) in [7, 11) is 0. The first-order valence-corrected chi connectivity index (χ1v) is 4.35. The van der Waals surface area contributed by atoms with Crippen molar-refractivity contribution in [2.45, 2.75) is 13.3 Å². The van der Waals surface area contributed by atoms with Gasteiger partial charge in [0.2, 0.25) is 0 Å². The van der Waals surface area contributed by atoms with Crippen molar-refractivity contribution in [2.24, 2.45) is 0 Å². The summed E-state index contributed by atoms with van der Waals surface area (Å²) < 4.78 is 0. The lowest BCUT2D eigenvalue weighted by Crippen LogP contribution is -2.00. The third-order valence-corrected chi connectivity index (χ3v) is 2.26. The Labute approximate surface area is 73.1 Å². The highest BCUT2D eigenvalue weighted by Gasteiger charge is 2.04. The summed E-state index contributed by atoms with van der Waals surface area (Å²) in [5.41, 5.74) is 4.07. The van der Waals surface area contributed by atoms with Crippen molar-refractivity contribution in [1.82, 2.24) is 0 Å². The Bertz CT molecular complexity index is 313. The van der Waals surface area contributed by atoms with Crippen LogP contribution in [0.1, 0.15) is 11.1 Å². The molecule has 1 heterocycles.